The topological polar surface area (TPSA) is 52.0 Å². The highest BCUT2D eigenvalue weighted by atomic mass is 32.2. The molecule has 2 N–H and O–H groups in total. The summed E-state index contributed by atoms with van der Waals surface area (Å²) >= 11 is 2.04. The molecule has 84 valence electrons. The highest BCUT2D eigenvalue weighted by Gasteiger charge is 2.19. The maximum atomic E-state index is 5.59. The highest BCUT2D eigenvalue weighted by molar-refractivity contribution is 8.00. The molecule has 0 aromatic carbocycles. The third-order valence-corrected chi connectivity index (χ3v) is 4.25. The Kier molecular flexibility index (Phi) is 3.70. The lowest BCUT2D eigenvalue weighted by atomic mass is 10.1. The van der Waals surface area contributed by atoms with Gasteiger partial charge >= 0.3 is 0 Å². The van der Waals surface area contributed by atoms with Gasteiger partial charge in [-0.2, -0.15) is 11.8 Å². The molecule has 1 aromatic heterocycles. The van der Waals surface area contributed by atoms with Crippen molar-refractivity contribution in [2.45, 2.75) is 37.4 Å². The average Bonchev–Trinajstić information content (AvgIpc) is 2.88. The number of oxazole rings is 1. The van der Waals surface area contributed by atoms with Gasteiger partial charge in [-0.05, 0) is 18.6 Å². The molecule has 0 radical (unpaired) electrons. The minimum atomic E-state index is 0.304. The predicted octanol–water partition coefficient (Wildman–Crippen LogP) is 2.17. The number of hydrogen-bond acceptors (Lipinski definition) is 4. The lowest BCUT2D eigenvalue weighted by molar-refractivity contribution is 0.487. The van der Waals surface area contributed by atoms with E-state index in [1.807, 2.05) is 11.8 Å². The second-order valence-electron chi connectivity index (χ2n) is 4.14. The molecule has 2 unspecified atom stereocenters. The number of aromatic nitrogens is 1. The first-order chi connectivity index (χ1) is 7.29. The first-order valence-electron chi connectivity index (χ1n) is 5.55. The van der Waals surface area contributed by atoms with E-state index in [1.54, 1.807) is 6.26 Å². The molecule has 2 heterocycles. The van der Waals surface area contributed by atoms with Crippen molar-refractivity contribution in [1.82, 2.24) is 4.98 Å². The predicted molar refractivity (Wildman–Crippen MR) is 63.2 cm³/mol. The summed E-state index contributed by atoms with van der Waals surface area (Å²) in [5.41, 5.74) is 6.59. The molecular formula is C11H18N2OS. The summed E-state index contributed by atoms with van der Waals surface area (Å²) in [6, 6.07) is 0. The molecule has 0 saturated carbocycles. The van der Waals surface area contributed by atoms with Gasteiger partial charge in [-0.15, -0.1) is 0 Å². The van der Waals surface area contributed by atoms with Crippen LogP contribution in [0.3, 0.4) is 0 Å². The summed E-state index contributed by atoms with van der Waals surface area (Å²) in [6.45, 7) is 2.70. The zero-order valence-electron chi connectivity index (χ0n) is 9.11. The molecule has 2 atom stereocenters. The second kappa shape index (κ2) is 5.03. The molecule has 1 aromatic rings. The number of rotatable bonds is 4. The third kappa shape index (κ3) is 2.75. The van der Waals surface area contributed by atoms with Gasteiger partial charge in [0.05, 0.1) is 5.69 Å². The molecule has 0 spiro atoms. The van der Waals surface area contributed by atoms with Crippen molar-refractivity contribution in [3.63, 3.8) is 0 Å². The van der Waals surface area contributed by atoms with E-state index in [9.17, 15) is 0 Å². The zero-order chi connectivity index (χ0) is 10.7. The average molecular weight is 226 g/mol. The standard InChI is InChI=1S/C11H18N2OS/c1-8(6-12)10-7-14-11(13-10)5-9-3-2-4-15-9/h7-9H,2-6,12H2,1H3. The first-order valence-corrected chi connectivity index (χ1v) is 6.60. The van der Waals surface area contributed by atoms with Crippen LogP contribution in [0.2, 0.25) is 0 Å². The maximum Gasteiger partial charge on any atom is 0.195 e. The Labute approximate surface area is 94.8 Å². The van der Waals surface area contributed by atoms with Crippen LogP contribution >= 0.6 is 11.8 Å². The van der Waals surface area contributed by atoms with Crippen molar-refractivity contribution in [3.8, 4) is 0 Å². The zero-order valence-corrected chi connectivity index (χ0v) is 9.93. The van der Waals surface area contributed by atoms with Crippen LogP contribution < -0.4 is 5.73 Å². The molecule has 1 fully saturated rings. The third-order valence-electron chi connectivity index (χ3n) is 2.85. The van der Waals surface area contributed by atoms with E-state index in [1.165, 1.54) is 18.6 Å². The van der Waals surface area contributed by atoms with E-state index in [0.717, 1.165) is 18.0 Å². The molecule has 1 saturated heterocycles. The molecule has 1 aliphatic heterocycles. The Morgan fingerprint density at radius 3 is 3.27 bits per heavy atom. The number of nitrogens with zero attached hydrogens (tertiary/aromatic N) is 1. The Hall–Kier alpha value is -0.480. The fourth-order valence-electron chi connectivity index (χ4n) is 1.77. The minimum Gasteiger partial charge on any atom is -0.449 e. The molecule has 15 heavy (non-hydrogen) atoms. The van der Waals surface area contributed by atoms with Crippen LogP contribution in [0.1, 0.15) is 37.3 Å². The lowest BCUT2D eigenvalue weighted by Crippen LogP contribution is -2.09. The highest BCUT2D eigenvalue weighted by Crippen LogP contribution is 2.29. The Morgan fingerprint density at radius 1 is 1.73 bits per heavy atom. The van der Waals surface area contributed by atoms with Gasteiger partial charge in [-0.1, -0.05) is 6.92 Å². The molecule has 0 aliphatic carbocycles. The monoisotopic (exact) mass is 226 g/mol. The van der Waals surface area contributed by atoms with E-state index in [4.69, 9.17) is 10.2 Å². The van der Waals surface area contributed by atoms with Crippen LogP contribution in [-0.2, 0) is 6.42 Å². The largest absolute Gasteiger partial charge is 0.449 e. The van der Waals surface area contributed by atoms with Crippen LogP contribution in [0.25, 0.3) is 0 Å². The van der Waals surface area contributed by atoms with Crippen LogP contribution in [0.4, 0.5) is 0 Å². The molecule has 3 nitrogen and oxygen atoms in total. The number of hydrogen-bond donors (Lipinski definition) is 1. The van der Waals surface area contributed by atoms with Crippen LogP contribution in [0.5, 0.6) is 0 Å². The van der Waals surface area contributed by atoms with Crippen LogP contribution in [-0.4, -0.2) is 22.5 Å². The van der Waals surface area contributed by atoms with E-state index >= 15 is 0 Å². The molecule has 0 bridgehead atoms. The van der Waals surface area contributed by atoms with Gasteiger partial charge in [0.25, 0.3) is 0 Å². The normalized spacial score (nSPS) is 23.2. The van der Waals surface area contributed by atoms with Gasteiger partial charge in [0.15, 0.2) is 5.89 Å². The van der Waals surface area contributed by atoms with E-state index in [-0.39, 0.29) is 0 Å². The molecular weight excluding hydrogens is 208 g/mol. The van der Waals surface area contributed by atoms with Crippen molar-refractivity contribution in [2.75, 3.05) is 12.3 Å². The summed E-state index contributed by atoms with van der Waals surface area (Å²) in [5.74, 6) is 2.47. The van der Waals surface area contributed by atoms with E-state index in [2.05, 4.69) is 11.9 Å². The summed E-state index contributed by atoms with van der Waals surface area (Å²) in [7, 11) is 0. The van der Waals surface area contributed by atoms with Crippen LogP contribution in [0.15, 0.2) is 10.7 Å². The van der Waals surface area contributed by atoms with E-state index < -0.39 is 0 Å². The Bertz CT molecular complexity index is 307. The minimum absolute atomic E-state index is 0.304. The van der Waals surface area contributed by atoms with E-state index in [0.29, 0.717) is 17.7 Å². The fourth-order valence-corrected chi connectivity index (χ4v) is 3.03. The second-order valence-corrected chi connectivity index (χ2v) is 5.55. The van der Waals surface area contributed by atoms with Gasteiger partial charge in [-0.25, -0.2) is 4.98 Å². The quantitative estimate of drug-likeness (QED) is 0.855. The summed E-state index contributed by atoms with van der Waals surface area (Å²) in [5, 5.41) is 0.713. The van der Waals surface area contributed by atoms with Crippen LogP contribution in [0, 0.1) is 0 Å². The van der Waals surface area contributed by atoms with Gasteiger partial charge < -0.3 is 10.2 Å². The Balaban J connectivity index is 1.94. The van der Waals surface area contributed by atoms with Crippen molar-refractivity contribution in [3.05, 3.63) is 17.8 Å². The summed E-state index contributed by atoms with van der Waals surface area (Å²) in [6.07, 6.45) is 5.37. The number of thioether (sulfide) groups is 1. The fraction of sp³-hybridized carbons (Fsp3) is 0.727. The molecule has 0 amide bonds. The maximum absolute atomic E-state index is 5.59. The van der Waals surface area contributed by atoms with Crippen molar-refractivity contribution < 1.29 is 4.42 Å². The Morgan fingerprint density at radius 2 is 2.60 bits per heavy atom. The lowest BCUT2D eigenvalue weighted by Gasteiger charge is -2.04. The summed E-state index contributed by atoms with van der Waals surface area (Å²) < 4.78 is 5.47. The molecule has 4 heteroatoms. The van der Waals surface area contributed by atoms with Crippen molar-refractivity contribution >= 4 is 11.8 Å². The van der Waals surface area contributed by atoms with Gasteiger partial charge in [-0.3, -0.25) is 0 Å². The van der Waals surface area contributed by atoms with Gasteiger partial charge in [0, 0.05) is 24.1 Å². The molecule has 1 aliphatic rings. The van der Waals surface area contributed by atoms with Gasteiger partial charge in [0.1, 0.15) is 6.26 Å². The number of nitrogens with two attached hydrogens (primary N) is 1. The first kappa shape index (κ1) is 11.0. The van der Waals surface area contributed by atoms with Gasteiger partial charge in [0.2, 0.25) is 0 Å². The van der Waals surface area contributed by atoms with Crippen molar-refractivity contribution in [2.24, 2.45) is 5.73 Å². The van der Waals surface area contributed by atoms with Crippen molar-refractivity contribution in [1.29, 1.82) is 0 Å². The summed E-state index contributed by atoms with van der Waals surface area (Å²) in [4.78, 5) is 4.48. The molecule has 2 rings (SSSR count). The SMILES string of the molecule is CC(CN)c1coc(CC2CCCS2)n1. The smallest absolute Gasteiger partial charge is 0.195 e.